The van der Waals surface area contributed by atoms with Gasteiger partial charge in [-0.25, -0.2) is 0 Å². The highest BCUT2D eigenvalue weighted by atomic mass is 32.1. The van der Waals surface area contributed by atoms with Gasteiger partial charge in [0.05, 0.1) is 6.61 Å². The van der Waals surface area contributed by atoms with Gasteiger partial charge in [0.1, 0.15) is 28.4 Å². The Hall–Kier alpha value is -1.85. The van der Waals surface area contributed by atoms with Crippen LogP contribution >= 0.6 is 11.3 Å². The Balaban J connectivity index is 1.63. The van der Waals surface area contributed by atoms with Crippen molar-refractivity contribution in [2.75, 3.05) is 13.2 Å². The number of hydrogen-bond acceptors (Lipinski definition) is 5. The fraction of sp³-hybridized carbons (Fsp3) is 0.267. The molecule has 1 atom stereocenters. The molecule has 102 valence electrons. The molecule has 3 heterocycles. The van der Waals surface area contributed by atoms with Crippen molar-refractivity contribution in [1.82, 2.24) is 5.16 Å². The minimum Gasteiger partial charge on any atom is -0.490 e. The third-order valence-corrected chi connectivity index (χ3v) is 4.27. The average Bonchev–Trinajstić information content (AvgIpc) is 2.89. The van der Waals surface area contributed by atoms with Gasteiger partial charge in [0.15, 0.2) is 5.58 Å². The van der Waals surface area contributed by atoms with Crippen LogP contribution in [0.1, 0.15) is 6.92 Å². The Morgan fingerprint density at radius 1 is 1.40 bits per heavy atom. The van der Waals surface area contributed by atoms with E-state index >= 15 is 0 Å². The zero-order chi connectivity index (χ0) is 13.6. The smallest absolute Gasteiger partial charge is 0.178 e. The zero-order valence-electron chi connectivity index (χ0n) is 11.0. The monoisotopic (exact) mass is 287 g/mol. The molecule has 0 unspecified atom stereocenters. The van der Waals surface area contributed by atoms with Crippen LogP contribution in [0.4, 0.5) is 0 Å². The van der Waals surface area contributed by atoms with Crippen molar-refractivity contribution in [2.24, 2.45) is 0 Å². The second-order valence-electron chi connectivity index (χ2n) is 5.20. The number of aromatic nitrogens is 1. The van der Waals surface area contributed by atoms with Crippen molar-refractivity contribution in [3.63, 3.8) is 0 Å². The van der Waals surface area contributed by atoms with Gasteiger partial charge in [-0.3, -0.25) is 0 Å². The lowest BCUT2D eigenvalue weighted by molar-refractivity contribution is 0.202. The van der Waals surface area contributed by atoms with Crippen LogP contribution in [0, 0.1) is 0 Å². The van der Waals surface area contributed by atoms with Crippen LogP contribution in [0.15, 0.2) is 40.2 Å². The van der Waals surface area contributed by atoms with E-state index in [1.165, 1.54) is 0 Å². The summed E-state index contributed by atoms with van der Waals surface area (Å²) in [4.78, 5) is 0. The second-order valence-corrected chi connectivity index (χ2v) is 6.12. The summed E-state index contributed by atoms with van der Waals surface area (Å²) in [5.74, 6) is 0.826. The molecule has 0 N–H and O–H groups in total. The predicted octanol–water partition coefficient (Wildman–Crippen LogP) is 3.72. The van der Waals surface area contributed by atoms with E-state index in [1.54, 1.807) is 11.3 Å². The molecule has 1 saturated heterocycles. The fourth-order valence-corrected chi connectivity index (χ4v) is 2.85. The summed E-state index contributed by atoms with van der Waals surface area (Å²) in [6.45, 7) is 3.39. The first-order valence-corrected chi connectivity index (χ1v) is 7.32. The van der Waals surface area contributed by atoms with Crippen molar-refractivity contribution < 1.29 is 14.0 Å². The van der Waals surface area contributed by atoms with E-state index in [0.29, 0.717) is 6.61 Å². The molecule has 0 amide bonds. The first-order chi connectivity index (χ1) is 9.73. The molecule has 3 aromatic rings. The maximum atomic E-state index is 5.79. The van der Waals surface area contributed by atoms with Crippen molar-refractivity contribution in [3.8, 4) is 17.0 Å². The Morgan fingerprint density at radius 3 is 3.15 bits per heavy atom. The predicted molar refractivity (Wildman–Crippen MR) is 77.2 cm³/mol. The van der Waals surface area contributed by atoms with Gasteiger partial charge in [-0.05, 0) is 30.5 Å². The van der Waals surface area contributed by atoms with Gasteiger partial charge < -0.3 is 14.0 Å². The molecular weight excluding hydrogens is 274 g/mol. The highest BCUT2D eigenvalue weighted by molar-refractivity contribution is 7.17. The summed E-state index contributed by atoms with van der Waals surface area (Å²) < 4.78 is 17.5. The zero-order valence-corrected chi connectivity index (χ0v) is 11.8. The Kier molecular flexibility index (Phi) is 2.58. The van der Waals surface area contributed by atoms with E-state index in [2.05, 4.69) is 5.16 Å². The molecule has 1 aliphatic rings. The largest absolute Gasteiger partial charge is 0.490 e. The lowest BCUT2D eigenvalue weighted by Crippen LogP contribution is -2.16. The van der Waals surface area contributed by atoms with E-state index in [4.69, 9.17) is 14.0 Å². The number of benzene rings is 1. The number of rotatable bonds is 4. The topological polar surface area (TPSA) is 47.8 Å². The summed E-state index contributed by atoms with van der Waals surface area (Å²) in [5, 5.41) is 6.15. The lowest BCUT2D eigenvalue weighted by atomic mass is 10.1. The molecule has 5 heteroatoms. The number of nitrogens with zero attached hydrogens (tertiary/aromatic N) is 1. The summed E-state index contributed by atoms with van der Waals surface area (Å²) in [7, 11) is 0. The standard InChI is InChI=1S/C15H13NO3S/c1-15(9-18-15)8-17-11-4-2-3-10(7-11)13-14-12(19-16-13)5-6-20-14/h2-7H,8-9H2,1H3/t15-/m0/s1. The molecule has 1 fully saturated rings. The highest BCUT2D eigenvalue weighted by Gasteiger charge is 2.40. The van der Waals surface area contributed by atoms with Crippen molar-refractivity contribution >= 4 is 21.6 Å². The molecule has 4 rings (SSSR count). The summed E-state index contributed by atoms with van der Waals surface area (Å²) in [6.07, 6.45) is 0. The maximum Gasteiger partial charge on any atom is 0.178 e. The molecular formula is C15H13NO3S. The van der Waals surface area contributed by atoms with Gasteiger partial charge in [-0.15, -0.1) is 11.3 Å². The number of hydrogen-bond donors (Lipinski definition) is 0. The Morgan fingerprint density at radius 2 is 2.30 bits per heavy atom. The molecule has 0 spiro atoms. The number of fused-ring (bicyclic) bond motifs is 1. The van der Waals surface area contributed by atoms with E-state index in [1.807, 2.05) is 42.6 Å². The van der Waals surface area contributed by atoms with E-state index < -0.39 is 0 Å². The SMILES string of the molecule is C[C@]1(COc2cccc(-c3noc4ccsc34)c2)CO1. The molecule has 1 aliphatic heterocycles. The third kappa shape index (κ3) is 2.09. The van der Waals surface area contributed by atoms with Crippen LogP contribution in [0.25, 0.3) is 21.5 Å². The summed E-state index contributed by atoms with van der Waals surface area (Å²) >= 11 is 1.63. The normalized spacial score (nSPS) is 21.2. The van der Waals surface area contributed by atoms with Crippen LogP contribution in [0.5, 0.6) is 5.75 Å². The first-order valence-electron chi connectivity index (χ1n) is 6.44. The molecule has 0 bridgehead atoms. The lowest BCUT2D eigenvalue weighted by Gasteiger charge is -2.09. The fourth-order valence-electron chi connectivity index (χ4n) is 2.04. The molecule has 2 aromatic heterocycles. The molecule has 0 aliphatic carbocycles. The molecule has 1 aromatic carbocycles. The number of epoxide rings is 1. The van der Waals surface area contributed by atoms with Gasteiger partial charge in [0.25, 0.3) is 0 Å². The van der Waals surface area contributed by atoms with Crippen LogP contribution in [0.3, 0.4) is 0 Å². The van der Waals surface area contributed by atoms with Crippen LogP contribution in [-0.2, 0) is 4.74 Å². The van der Waals surface area contributed by atoms with Crippen molar-refractivity contribution in [3.05, 3.63) is 35.7 Å². The molecule has 0 radical (unpaired) electrons. The Labute approximate surface area is 119 Å². The van der Waals surface area contributed by atoms with E-state index in [-0.39, 0.29) is 5.60 Å². The van der Waals surface area contributed by atoms with Crippen LogP contribution in [-0.4, -0.2) is 24.0 Å². The van der Waals surface area contributed by atoms with E-state index in [9.17, 15) is 0 Å². The second kappa shape index (κ2) is 4.33. The average molecular weight is 287 g/mol. The Bertz CT molecular complexity index is 757. The van der Waals surface area contributed by atoms with Gasteiger partial charge in [0, 0.05) is 5.56 Å². The molecule has 20 heavy (non-hydrogen) atoms. The van der Waals surface area contributed by atoms with Crippen molar-refractivity contribution in [2.45, 2.75) is 12.5 Å². The van der Waals surface area contributed by atoms with Crippen molar-refractivity contribution in [1.29, 1.82) is 0 Å². The van der Waals surface area contributed by atoms with Gasteiger partial charge in [-0.2, -0.15) is 0 Å². The third-order valence-electron chi connectivity index (χ3n) is 3.37. The molecule has 4 nitrogen and oxygen atoms in total. The highest BCUT2D eigenvalue weighted by Crippen LogP contribution is 2.34. The van der Waals surface area contributed by atoms with Gasteiger partial charge >= 0.3 is 0 Å². The number of thiophene rings is 1. The van der Waals surface area contributed by atoms with Crippen LogP contribution in [0.2, 0.25) is 0 Å². The molecule has 0 saturated carbocycles. The minimum atomic E-state index is -0.106. The summed E-state index contributed by atoms with van der Waals surface area (Å²) in [5.41, 5.74) is 2.60. The number of ether oxygens (including phenoxy) is 2. The minimum absolute atomic E-state index is 0.106. The van der Waals surface area contributed by atoms with E-state index in [0.717, 1.165) is 33.9 Å². The quantitative estimate of drug-likeness (QED) is 0.686. The maximum absolute atomic E-state index is 5.79. The van der Waals surface area contributed by atoms with Gasteiger partial charge in [-0.1, -0.05) is 17.3 Å². The van der Waals surface area contributed by atoms with Gasteiger partial charge in [0.2, 0.25) is 0 Å². The van der Waals surface area contributed by atoms with Crippen LogP contribution < -0.4 is 4.74 Å². The summed E-state index contributed by atoms with van der Waals surface area (Å²) in [6, 6.07) is 9.85. The first kappa shape index (κ1) is 11.9.